The molecule has 0 bridgehead atoms. The Balaban J connectivity index is 1.49. The summed E-state index contributed by atoms with van der Waals surface area (Å²) in [6.07, 6.45) is -1.46. The zero-order valence-corrected chi connectivity index (χ0v) is 26.5. The fraction of sp³-hybridized carbons (Fsp3) is 0.344. The van der Waals surface area contributed by atoms with Crippen LogP contribution in [0.5, 0.6) is 5.75 Å². The van der Waals surface area contributed by atoms with Gasteiger partial charge in [-0.2, -0.15) is 0 Å². The molecule has 3 atom stereocenters. The monoisotopic (exact) mass is 643 g/mol. The molecule has 3 N–H and O–H groups in total. The number of hydrogen-bond donors (Lipinski definition) is 3. The molecule has 0 saturated carbocycles. The molecular weight excluding hydrogens is 609 g/mol. The van der Waals surface area contributed by atoms with E-state index in [2.05, 4.69) is 10.6 Å². The van der Waals surface area contributed by atoms with E-state index < -0.39 is 41.4 Å². The fourth-order valence-corrected chi connectivity index (χ4v) is 6.61. The maximum atomic E-state index is 13.8. The predicted octanol–water partition coefficient (Wildman–Crippen LogP) is 4.77. The molecule has 3 amide bonds. The first-order chi connectivity index (χ1) is 20.5. The van der Waals surface area contributed by atoms with Crippen molar-refractivity contribution in [3.8, 4) is 5.75 Å². The second kappa shape index (κ2) is 14.5. The molecule has 0 aliphatic carbocycles. The lowest BCUT2D eigenvalue weighted by Gasteiger charge is -2.33. The molecule has 8 nitrogen and oxygen atoms in total. The highest BCUT2D eigenvalue weighted by Crippen LogP contribution is 2.40. The van der Waals surface area contributed by atoms with E-state index in [0.717, 1.165) is 16.7 Å². The van der Waals surface area contributed by atoms with Gasteiger partial charge >= 0.3 is 0 Å². The Kier molecular flexibility index (Phi) is 11.0. The number of nitrogens with one attached hydrogen (secondary N) is 2. The molecule has 43 heavy (non-hydrogen) atoms. The van der Waals surface area contributed by atoms with Gasteiger partial charge in [-0.15, -0.1) is 11.8 Å². The lowest BCUT2D eigenvalue weighted by molar-refractivity contribution is -0.148. The average molecular weight is 645 g/mol. The average Bonchev–Trinajstić information content (AvgIpc) is 3.30. The smallest absolute Gasteiger partial charge is 0.258 e. The van der Waals surface area contributed by atoms with Crippen molar-refractivity contribution in [2.24, 2.45) is 0 Å². The standard InChI is InChI=1S/C32H35Cl2N3O5S/c1-20-10-7-8-13-22(20)17-35-30(40)29-32(2,3)43-19-37(29)31(41)27(39)25(16-21-11-5-4-6-12-21)36-26(38)18-42-28-23(33)14-9-15-24(28)34/h4-15,25,27,29,39H,16-19H2,1-3H3,(H,35,40)(H,36,38)/t25?,27?,29-/m1/s1. The van der Waals surface area contributed by atoms with E-state index in [4.69, 9.17) is 27.9 Å². The van der Waals surface area contributed by atoms with Crippen molar-refractivity contribution in [3.05, 3.63) is 99.5 Å². The molecule has 1 saturated heterocycles. The van der Waals surface area contributed by atoms with Gasteiger partial charge < -0.3 is 25.4 Å². The largest absolute Gasteiger partial charge is 0.481 e. The molecule has 1 heterocycles. The van der Waals surface area contributed by atoms with Gasteiger partial charge in [0.25, 0.3) is 11.8 Å². The lowest BCUT2D eigenvalue weighted by Crippen LogP contribution is -2.59. The molecule has 3 aromatic rings. The first kappa shape index (κ1) is 32.7. The van der Waals surface area contributed by atoms with Gasteiger partial charge in [-0.1, -0.05) is 83.9 Å². The number of para-hydroxylation sites is 1. The van der Waals surface area contributed by atoms with Crippen LogP contribution in [0.4, 0.5) is 0 Å². The third kappa shape index (κ3) is 8.23. The van der Waals surface area contributed by atoms with E-state index in [1.54, 1.807) is 18.2 Å². The number of carbonyl (C=O) groups is 3. The summed E-state index contributed by atoms with van der Waals surface area (Å²) in [5.74, 6) is -1.16. The highest BCUT2D eigenvalue weighted by Gasteiger charge is 2.49. The Morgan fingerprint density at radius 2 is 1.67 bits per heavy atom. The Hall–Kier alpha value is -3.24. The van der Waals surface area contributed by atoms with E-state index in [1.165, 1.54) is 16.7 Å². The minimum Gasteiger partial charge on any atom is -0.481 e. The highest BCUT2D eigenvalue weighted by atomic mass is 35.5. The van der Waals surface area contributed by atoms with E-state index in [0.29, 0.717) is 6.54 Å². The van der Waals surface area contributed by atoms with Crippen molar-refractivity contribution in [1.29, 1.82) is 0 Å². The maximum Gasteiger partial charge on any atom is 0.258 e. The van der Waals surface area contributed by atoms with Gasteiger partial charge in [0.15, 0.2) is 18.5 Å². The summed E-state index contributed by atoms with van der Waals surface area (Å²) in [6.45, 7) is 5.64. The summed E-state index contributed by atoms with van der Waals surface area (Å²) in [6, 6.07) is 19.9. The number of hydrogen-bond acceptors (Lipinski definition) is 6. The zero-order chi connectivity index (χ0) is 31.1. The second-order valence-electron chi connectivity index (χ2n) is 10.9. The van der Waals surface area contributed by atoms with Gasteiger partial charge in [-0.05, 0) is 56.0 Å². The minimum atomic E-state index is -1.63. The topological polar surface area (TPSA) is 108 Å². The molecule has 3 aromatic carbocycles. The Bertz CT molecular complexity index is 1440. The van der Waals surface area contributed by atoms with E-state index in [-0.39, 0.29) is 34.0 Å². The molecule has 0 aromatic heterocycles. The van der Waals surface area contributed by atoms with E-state index in [9.17, 15) is 19.5 Å². The van der Waals surface area contributed by atoms with Crippen molar-refractivity contribution in [2.75, 3.05) is 12.5 Å². The second-order valence-corrected chi connectivity index (χ2v) is 13.3. The summed E-state index contributed by atoms with van der Waals surface area (Å²) < 4.78 is 4.95. The van der Waals surface area contributed by atoms with Crippen molar-refractivity contribution in [1.82, 2.24) is 15.5 Å². The third-order valence-corrected chi connectivity index (χ3v) is 9.31. The lowest BCUT2D eigenvalue weighted by atomic mass is 9.97. The minimum absolute atomic E-state index is 0.160. The zero-order valence-electron chi connectivity index (χ0n) is 24.2. The van der Waals surface area contributed by atoms with Crippen LogP contribution in [0.25, 0.3) is 0 Å². The maximum absolute atomic E-state index is 13.8. The molecule has 1 fully saturated rings. The number of benzene rings is 3. The number of amides is 3. The van der Waals surface area contributed by atoms with Crippen LogP contribution in [0.3, 0.4) is 0 Å². The number of nitrogens with zero attached hydrogens (tertiary/aromatic N) is 1. The van der Waals surface area contributed by atoms with Gasteiger partial charge in [-0.25, -0.2) is 0 Å². The molecule has 1 aliphatic rings. The number of halogens is 2. The van der Waals surface area contributed by atoms with Crippen LogP contribution in [0.2, 0.25) is 10.0 Å². The number of aliphatic hydroxyl groups is 1. The Morgan fingerprint density at radius 1 is 1.02 bits per heavy atom. The number of rotatable bonds is 11. The molecule has 2 unspecified atom stereocenters. The number of carbonyl (C=O) groups excluding carboxylic acids is 3. The van der Waals surface area contributed by atoms with Crippen molar-refractivity contribution < 1.29 is 24.2 Å². The van der Waals surface area contributed by atoms with Crippen LogP contribution in [0.15, 0.2) is 72.8 Å². The summed E-state index contributed by atoms with van der Waals surface area (Å²) in [7, 11) is 0. The summed E-state index contributed by atoms with van der Waals surface area (Å²) in [5, 5.41) is 17.6. The van der Waals surface area contributed by atoms with E-state index >= 15 is 0 Å². The quantitative estimate of drug-likeness (QED) is 0.278. The third-order valence-electron chi connectivity index (χ3n) is 7.34. The van der Waals surface area contributed by atoms with Gasteiger partial charge in [0.1, 0.15) is 6.04 Å². The SMILES string of the molecule is Cc1ccccc1CNC(=O)[C@H]1N(C(=O)C(O)C(Cc2ccccc2)NC(=O)COc2c(Cl)cccc2Cl)CSC1(C)C. The van der Waals surface area contributed by atoms with Crippen LogP contribution in [-0.2, 0) is 27.3 Å². The van der Waals surface area contributed by atoms with Crippen LogP contribution in [-0.4, -0.2) is 63.1 Å². The highest BCUT2D eigenvalue weighted by molar-refractivity contribution is 8.00. The Labute approximate surface area is 266 Å². The van der Waals surface area contributed by atoms with Crippen molar-refractivity contribution >= 4 is 52.7 Å². The molecular formula is C32H35Cl2N3O5S. The molecule has 228 valence electrons. The predicted molar refractivity (Wildman–Crippen MR) is 170 cm³/mol. The Morgan fingerprint density at radius 3 is 2.35 bits per heavy atom. The summed E-state index contributed by atoms with van der Waals surface area (Å²) in [5.41, 5.74) is 2.83. The molecule has 4 rings (SSSR count). The first-order valence-electron chi connectivity index (χ1n) is 13.8. The van der Waals surface area contributed by atoms with Gasteiger partial charge in [-0.3, -0.25) is 14.4 Å². The van der Waals surface area contributed by atoms with Crippen molar-refractivity contribution in [3.63, 3.8) is 0 Å². The van der Waals surface area contributed by atoms with Crippen LogP contribution in [0, 0.1) is 6.92 Å². The molecule has 0 spiro atoms. The van der Waals surface area contributed by atoms with Crippen molar-refractivity contribution in [2.45, 2.75) is 56.7 Å². The number of thioether (sulfide) groups is 1. The van der Waals surface area contributed by atoms with Crippen LogP contribution in [0.1, 0.15) is 30.5 Å². The number of aryl methyl sites for hydroxylation is 1. The molecule has 1 aliphatic heterocycles. The van der Waals surface area contributed by atoms with Gasteiger partial charge in [0.05, 0.1) is 22.0 Å². The normalized spacial score (nSPS) is 17.2. The van der Waals surface area contributed by atoms with Crippen LogP contribution < -0.4 is 15.4 Å². The van der Waals surface area contributed by atoms with E-state index in [1.807, 2.05) is 75.4 Å². The number of ether oxygens (including phenoxy) is 1. The van der Waals surface area contributed by atoms with Gasteiger partial charge in [0, 0.05) is 11.3 Å². The molecule has 0 radical (unpaired) electrons. The number of aliphatic hydroxyl groups excluding tert-OH is 1. The fourth-order valence-electron chi connectivity index (χ4n) is 4.96. The first-order valence-corrected chi connectivity index (χ1v) is 15.6. The molecule has 11 heteroatoms. The summed E-state index contributed by atoms with van der Waals surface area (Å²) in [4.78, 5) is 41.7. The summed E-state index contributed by atoms with van der Waals surface area (Å²) >= 11 is 13.8. The van der Waals surface area contributed by atoms with Crippen LogP contribution >= 0.6 is 35.0 Å². The van der Waals surface area contributed by atoms with Gasteiger partial charge in [0.2, 0.25) is 5.91 Å².